The Labute approximate surface area is 132 Å². The fourth-order valence-electron chi connectivity index (χ4n) is 1.40. The summed E-state index contributed by atoms with van der Waals surface area (Å²) in [5.41, 5.74) is 4.67. The molecular formula is C13H21NO5S2. The maximum atomic E-state index is 11.9. The van der Waals surface area contributed by atoms with Gasteiger partial charge in [0.1, 0.15) is 25.2 Å². The van der Waals surface area contributed by atoms with Gasteiger partial charge in [-0.2, -0.15) is 0 Å². The van der Waals surface area contributed by atoms with Gasteiger partial charge in [0, 0.05) is 17.5 Å². The van der Waals surface area contributed by atoms with E-state index < -0.39 is 17.5 Å². The molecule has 0 aliphatic carbocycles. The number of carbonyl (C=O) groups is 2. The number of esters is 1. The highest BCUT2D eigenvalue weighted by Gasteiger charge is 2.41. The highest BCUT2D eigenvalue weighted by molar-refractivity contribution is 8.76. The Balaban J connectivity index is 2.09. The van der Waals surface area contributed by atoms with Crippen molar-refractivity contribution in [1.82, 2.24) is 0 Å². The van der Waals surface area contributed by atoms with Crippen LogP contribution in [0.3, 0.4) is 0 Å². The zero-order chi connectivity index (χ0) is 15.7. The summed E-state index contributed by atoms with van der Waals surface area (Å²) in [6.07, 6.45) is 3.22. The minimum absolute atomic E-state index is 0.00533. The highest BCUT2D eigenvalue weighted by atomic mass is 33.1. The van der Waals surface area contributed by atoms with E-state index in [1.54, 1.807) is 28.5 Å². The Bertz CT molecular complexity index is 377. The molecule has 0 aromatic heterocycles. The number of carbonyl (C=O) groups excluding carboxylic acids is 2. The third kappa shape index (κ3) is 7.10. The molecule has 1 unspecified atom stereocenters. The predicted molar refractivity (Wildman–Crippen MR) is 84.1 cm³/mol. The molecule has 1 fully saturated rings. The van der Waals surface area contributed by atoms with Crippen LogP contribution in [0.15, 0.2) is 12.2 Å². The molecule has 1 heterocycles. The van der Waals surface area contributed by atoms with Gasteiger partial charge in [0.05, 0.1) is 0 Å². The molecule has 21 heavy (non-hydrogen) atoms. The highest BCUT2D eigenvalue weighted by Crippen LogP contribution is 2.25. The first kappa shape index (κ1) is 18.2. The van der Waals surface area contributed by atoms with Crippen molar-refractivity contribution in [1.29, 1.82) is 0 Å². The van der Waals surface area contributed by atoms with Gasteiger partial charge in [-0.1, -0.05) is 33.7 Å². The lowest BCUT2D eigenvalue weighted by atomic mass is 9.93. The lowest BCUT2D eigenvalue weighted by Crippen LogP contribution is -2.44. The van der Waals surface area contributed by atoms with Crippen molar-refractivity contribution < 1.29 is 23.8 Å². The van der Waals surface area contributed by atoms with Crippen LogP contribution in [-0.2, 0) is 19.0 Å². The average molecular weight is 335 g/mol. The SMILES string of the molecule is CC(N)/C=C\CSSCCOC(=O)C1(C)COC(=O)OC1. The lowest BCUT2D eigenvalue weighted by molar-refractivity contribution is -0.165. The van der Waals surface area contributed by atoms with Gasteiger partial charge in [0.25, 0.3) is 0 Å². The summed E-state index contributed by atoms with van der Waals surface area (Å²) in [6, 6.07) is 0.0733. The van der Waals surface area contributed by atoms with Crippen LogP contribution in [0.25, 0.3) is 0 Å². The van der Waals surface area contributed by atoms with Crippen molar-refractivity contribution in [3.63, 3.8) is 0 Å². The molecule has 1 rings (SSSR count). The standard InChI is InChI=1S/C13H21NO5S2/c1-10(14)4-3-6-20-21-7-5-17-11(15)13(2)8-18-12(16)19-9-13/h3-4,10H,5-9,14H2,1-2H3/b4-3-. The summed E-state index contributed by atoms with van der Waals surface area (Å²) >= 11 is 0. The number of rotatable bonds is 8. The fourth-order valence-corrected chi connectivity index (χ4v) is 3.03. The van der Waals surface area contributed by atoms with E-state index in [2.05, 4.69) is 0 Å². The van der Waals surface area contributed by atoms with E-state index in [1.807, 2.05) is 19.1 Å². The van der Waals surface area contributed by atoms with Crippen molar-refractivity contribution >= 4 is 33.7 Å². The number of nitrogens with two attached hydrogens (primary N) is 1. The molecule has 0 aromatic carbocycles. The van der Waals surface area contributed by atoms with Crippen molar-refractivity contribution in [3.05, 3.63) is 12.2 Å². The first-order valence-electron chi connectivity index (χ1n) is 6.57. The van der Waals surface area contributed by atoms with E-state index in [0.717, 1.165) is 5.75 Å². The van der Waals surface area contributed by atoms with Crippen LogP contribution in [0, 0.1) is 5.41 Å². The Morgan fingerprint density at radius 1 is 1.48 bits per heavy atom. The van der Waals surface area contributed by atoms with E-state index >= 15 is 0 Å². The van der Waals surface area contributed by atoms with Gasteiger partial charge in [-0.25, -0.2) is 4.79 Å². The van der Waals surface area contributed by atoms with Crippen LogP contribution in [0.4, 0.5) is 4.79 Å². The molecule has 0 spiro atoms. The fraction of sp³-hybridized carbons (Fsp3) is 0.692. The normalized spacial score (nSPS) is 18.9. The molecule has 0 bridgehead atoms. The summed E-state index contributed by atoms with van der Waals surface area (Å²) in [5.74, 6) is 1.15. The van der Waals surface area contributed by atoms with Crippen LogP contribution in [-0.4, -0.2) is 49.5 Å². The monoisotopic (exact) mass is 335 g/mol. The van der Waals surface area contributed by atoms with Crippen LogP contribution in [0.2, 0.25) is 0 Å². The van der Waals surface area contributed by atoms with Crippen molar-refractivity contribution in [2.75, 3.05) is 31.3 Å². The van der Waals surface area contributed by atoms with Gasteiger partial charge in [-0.15, -0.1) is 0 Å². The molecule has 1 saturated heterocycles. The number of ether oxygens (including phenoxy) is 3. The van der Waals surface area contributed by atoms with Crippen molar-refractivity contribution in [2.45, 2.75) is 19.9 Å². The molecule has 2 N–H and O–H groups in total. The van der Waals surface area contributed by atoms with E-state index in [0.29, 0.717) is 12.4 Å². The van der Waals surface area contributed by atoms with Gasteiger partial charge >= 0.3 is 12.1 Å². The second-order valence-corrected chi connectivity index (χ2v) is 7.54. The van der Waals surface area contributed by atoms with Gasteiger partial charge in [-0.3, -0.25) is 4.79 Å². The van der Waals surface area contributed by atoms with Crippen LogP contribution >= 0.6 is 21.6 Å². The second-order valence-electron chi connectivity index (χ2n) is 4.92. The predicted octanol–water partition coefficient (Wildman–Crippen LogP) is 1.99. The molecule has 0 radical (unpaired) electrons. The summed E-state index contributed by atoms with van der Waals surface area (Å²) in [4.78, 5) is 22.7. The van der Waals surface area contributed by atoms with Gasteiger partial charge in [0.2, 0.25) is 0 Å². The van der Waals surface area contributed by atoms with E-state index in [1.165, 1.54) is 0 Å². The Kier molecular flexibility index (Phi) is 7.98. The van der Waals surface area contributed by atoms with E-state index in [4.69, 9.17) is 19.9 Å². The molecule has 0 aromatic rings. The molecule has 0 amide bonds. The third-order valence-corrected chi connectivity index (χ3v) is 4.83. The molecule has 1 aliphatic rings. The third-order valence-electron chi connectivity index (χ3n) is 2.60. The number of hydrogen-bond acceptors (Lipinski definition) is 8. The summed E-state index contributed by atoms with van der Waals surface area (Å²) in [7, 11) is 3.29. The summed E-state index contributed by atoms with van der Waals surface area (Å²) in [5, 5.41) is 0. The average Bonchev–Trinajstić information content (AvgIpc) is 2.44. The maximum Gasteiger partial charge on any atom is 0.508 e. The first-order valence-corrected chi connectivity index (χ1v) is 9.06. The first-order chi connectivity index (χ1) is 9.94. The van der Waals surface area contributed by atoms with Gasteiger partial charge in [-0.05, 0) is 13.8 Å². The van der Waals surface area contributed by atoms with Crippen LogP contribution < -0.4 is 5.73 Å². The zero-order valence-electron chi connectivity index (χ0n) is 12.2. The molecular weight excluding hydrogens is 314 g/mol. The zero-order valence-corrected chi connectivity index (χ0v) is 13.8. The molecule has 0 saturated carbocycles. The van der Waals surface area contributed by atoms with Crippen LogP contribution in [0.5, 0.6) is 0 Å². The van der Waals surface area contributed by atoms with E-state index in [9.17, 15) is 9.59 Å². The number of cyclic esters (lactones) is 2. The molecule has 120 valence electrons. The second kappa shape index (κ2) is 9.22. The quantitative estimate of drug-likeness (QED) is 0.312. The smallest absolute Gasteiger partial charge is 0.464 e. The minimum atomic E-state index is -0.911. The Morgan fingerprint density at radius 2 is 2.14 bits per heavy atom. The maximum absolute atomic E-state index is 11.9. The topological polar surface area (TPSA) is 87.9 Å². The van der Waals surface area contributed by atoms with Gasteiger partial charge in [0.15, 0.2) is 0 Å². The molecule has 8 heteroatoms. The Hall–Kier alpha value is -0.860. The van der Waals surface area contributed by atoms with Crippen molar-refractivity contribution in [3.8, 4) is 0 Å². The van der Waals surface area contributed by atoms with Gasteiger partial charge < -0.3 is 19.9 Å². The molecule has 6 nitrogen and oxygen atoms in total. The molecule has 1 atom stereocenters. The largest absolute Gasteiger partial charge is 0.508 e. The lowest BCUT2D eigenvalue weighted by Gasteiger charge is -2.29. The Morgan fingerprint density at radius 3 is 2.76 bits per heavy atom. The van der Waals surface area contributed by atoms with Crippen molar-refractivity contribution in [2.24, 2.45) is 11.1 Å². The number of hydrogen-bond donors (Lipinski definition) is 1. The minimum Gasteiger partial charge on any atom is -0.464 e. The van der Waals surface area contributed by atoms with Crippen LogP contribution in [0.1, 0.15) is 13.8 Å². The molecule has 1 aliphatic heterocycles. The summed E-state index contributed by atoms with van der Waals surface area (Å²) in [6.45, 7) is 3.88. The summed E-state index contributed by atoms with van der Waals surface area (Å²) < 4.78 is 14.6. The van der Waals surface area contributed by atoms with E-state index in [-0.39, 0.29) is 19.3 Å².